The van der Waals surface area contributed by atoms with Gasteiger partial charge >= 0.3 is 5.97 Å². The molecule has 0 aliphatic carbocycles. The van der Waals surface area contributed by atoms with Crippen LogP contribution in [0.5, 0.6) is 0 Å². The molecular formula is C22H12Cl3NO5S. The van der Waals surface area contributed by atoms with Gasteiger partial charge < -0.3 is 9.52 Å². The number of amides is 2. The van der Waals surface area contributed by atoms with Gasteiger partial charge in [-0.3, -0.25) is 14.5 Å². The molecule has 10 heteroatoms. The maximum Gasteiger partial charge on any atom is 0.337 e. The fraction of sp³-hybridized carbons (Fsp3) is 0.0455. The number of rotatable bonds is 5. The van der Waals surface area contributed by atoms with Crippen LogP contribution in [-0.4, -0.2) is 27.1 Å². The number of furan rings is 1. The zero-order valence-electron chi connectivity index (χ0n) is 16.0. The van der Waals surface area contributed by atoms with Crippen molar-refractivity contribution in [2.24, 2.45) is 0 Å². The first-order chi connectivity index (χ1) is 15.2. The third kappa shape index (κ3) is 4.56. The Morgan fingerprint density at radius 1 is 1.03 bits per heavy atom. The predicted molar refractivity (Wildman–Crippen MR) is 124 cm³/mol. The minimum absolute atomic E-state index is 0.0180. The molecule has 3 aromatic rings. The third-order valence-electron chi connectivity index (χ3n) is 4.60. The average Bonchev–Trinajstić information content (AvgIpc) is 3.30. The van der Waals surface area contributed by atoms with E-state index in [0.717, 1.165) is 16.7 Å². The van der Waals surface area contributed by atoms with Crippen LogP contribution in [0, 0.1) is 0 Å². The molecule has 32 heavy (non-hydrogen) atoms. The Labute approximate surface area is 201 Å². The molecule has 2 amide bonds. The molecule has 1 aliphatic rings. The SMILES string of the molecule is O=C(O)c1cc(-c2ccc(/C=C3\SC(=O)N(Cc4ccc(Cl)cc4Cl)C3=O)o2)ccc1Cl. The van der Waals surface area contributed by atoms with E-state index in [4.69, 9.17) is 39.2 Å². The first-order valence-electron chi connectivity index (χ1n) is 9.05. The van der Waals surface area contributed by atoms with Gasteiger partial charge in [-0.25, -0.2) is 4.79 Å². The van der Waals surface area contributed by atoms with Crippen LogP contribution in [0.15, 0.2) is 57.9 Å². The smallest absolute Gasteiger partial charge is 0.337 e. The summed E-state index contributed by atoms with van der Waals surface area (Å²) in [5.41, 5.74) is 1.05. The Bertz CT molecular complexity index is 1300. The second kappa shape index (κ2) is 9.03. The van der Waals surface area contributed by atoms with Gasteiger partial charge in [-0.1, -0.05) is 40.9 Å². The Kier molecular flexibility index (Phi) is 6.35. The van der Waals surface area contributed by atoms with E-state index in [-0.39, 0.29) is 22.0 Å². The van der Waals surface area contributed by atoms with Gasteiger partial charge in [-0.2, -0.15) is 0 Å². The van der Waals surface area contributed by atoms with Crippen LogP contribution in [0.25, 0.3) is 17.4 Å². The standard InChI is InChI=1S/C22H12Cl3NO5S/c23-13-3-1-12(17(25)8-13)10-26-20(27)19(32-22(26)30)9-14-4-6-18(31-14)11-2-5-16(24)15(7-11)21(28)29/h1-9H,10H2,(H,28,29)/b19-9-. The predicted octanol–water partition coefficient (Wildman–Crippen LogP) is 6.84. The summed E-state index contributed by atoms with van der Waals surface area (Å²) in [4.78, 5) is 37.7. The number of aromatic carboxylic acids is 1. The lowest BCUT2D eigenvalue weighted by Gasteiger charge is -2.13. The Hall–Kier alpha value is -2.71. The molecule has 6 nitrogen and oxygen atoms in total. The van der Waals surface area contributed by atoms with Crippen molar-refractivity contribution >= 4 is 69.8 Å². The van der Waals surface area contributed by atoms with Crippen LogP contribution in [0.3, 0.4) is 0 Å². The number of carboxylic acid groups (broad SMARTS) is 1. The van der Waals surface area contributed by atoms with Crippen molar-refractivity contribution in [1.82, 2.24) is 4.90 Å². The summed E-state index contributed by atoms with van der Waals surface area (Å²) >= 11 is 18.7. The number of benzene rings is 2. The van der Waals surface area contributed by atoms with Crippen LogP contribution in [-0.2, 0) is 11.3 Å². The number of carbonyl (C=O) groups excluding carboxylic acids is 2. The van der Waals surface area contributed by atoms with Crippen molar-refractivity contribution < 1.29 is 23.9 Å². The molecule has 0 saturated carbocycles. The van der Waals surface area contributed by atoms with E-state index < -0.39 is 17.1 Å². The number of thioether (sulfide) groups is 1. The van der Waals surface area contributed by atoms with Gasteiger partial charge in [0.15, 0.2) is 0 Å². The molecule has 2 heterocycles. The van der Waals surface area contributed by atoms with Crippen molar-refractivity contribution in [1.29, 1.82) is 0 Å². The number of halogens is 3. The molecule has 1 saturated heterocycles. The summed E-state index contributed by atoms with van der Waals surface area (Å²) in [6.45, 7) is 0.0180. The normalized spacial score (nSPS) is 15.1. The molecule has 1 N–H and O–H groups in total. The maximum atomic E-state index is 12.8. The number of carbonyl (C=O) groups is 3. The lowest BCUT2D eigenvalue weighted by Crippen LogP contribution is -2.27. The summed E-state index contributed by atoms with van der Waals surface area (Å²) in [7, 11) is 0. The third-order valence-corrected chi connectivity index (χ3v) is 6.42. The highest BCUT2D eigenvalue weighted by atomic mass is 35.5. The van der Waals surface area contributed by atoms with Crippen molar-refractivity contribution in [2.45, 2.75) is 6.54 Å². The van der Waals surface area contributed by atoms with Gasteiger partial charge in [-0.05, 0) is 59.8 Å². The molecule has 0 atom stereocenters. The quantitative estimate of drug-likeness (QED) is 0.380. The number of carboxylic acids is 1. The minimum Gasteiger partial charge on any atom is -0.478 e. The second-order valence-corrected chi connectivity index (χ2v) is 8.95. The van der Waals surface area contributed by atoms with Gasteiger partial charge in [-0.15, -0.1) is 0 Å². The lowest BCUT2D eigenvalue weighted by molar-refractivity contribution is -0.123. The van der Waals surface area contributed by atoms with Crippen molar-refractivity contribution in [3.05, 3.63) is 85.4 Å². The molecular weight excluding hydrogens is 497 g/mol. The van der Waals surface area contributed by atoms with Gasteiger partial charge in [0, 0.05) is 21.7 Å². The zero-order valence-corrected chi connectivity index (χ0v) is 19.1. The largest absolute Gasteiger partial charge is 0.478 e. The number of hydrogen-bond donors (Lipinski definition) is 1. The van der Waals surface area contributed by atoms with Crippen molar-refractivity contribution in [3.63, 3.8) is 0 Å². The summed E-state index contributed by atoms with van der Waals surface area (Å²) < 4.78 is 5.73. The number of hydrogen-bond acceptors (Lipinski definition) is 5. The fourth-order valence-corrected chi connectivity index (χ4v) is 4.50. The van der Waals surface area contributed by atoms with E-state index in [1.807, 2.05) is 0 Å². The molecule has 0 unspecified atom stereocenters. The van der Waals surface area contributed by atoms with Crippen LogP contribution < -0.4 is 0 Å². The van der Waals surface area contributed by atoms with E-state index >= 15 is 0 Å². The van der Waals surface area contributed by atoms with Crippen LogP contribution in [0.2, 0.25) is 15.1 Å². The van der Waals surface area contributed by atoms with Crippen molar-refractivity contribution in [3.8, 4) is 11.3 Å². The van der Waals surface area contributed by atoms with Crippen molar-refractivity contribution in [2.75, 3.05) is 0 Å². The Morgan fingerprint density at radius 2 is 1.81 bits per heavy atom. The summed E-state index contributed by atoms with van der Waals surface area (Å²) in [5.74, 6) is -0.897. The van der Waals surface area contributed by atoms with E-state index in [1.54, 1.807) is 36.4 Å². The molecule has 1 aromatic heterocycles. The highest BCUT2D eigenvalue weighted by molar-refractivity contribution is 8.18. The molecule has 1 aliphatic heterocycles. The molecule has 4 rings (SSSR count). The van der Waals surface area contributed by atoms with Crippen LogP contribution in [0.4, 0.5) is 4.79 Å². The first kappa shape index (κ1) is 22.5. The van der Waals surface area contributed by atoms with E-state index in [9.17, 15) is 19.5 Å². The summed E-state index contributed by atoms with van der Waals surface area (Å²) in [5, 5.41) is 9.73. The van der Waals surface area contributed by atoms with Crippen LogP contribution in [0.1, 0.15) is 21.7 Å². The molecule has 0 bridgehead atoms. The van der Waals surface area contributed by atoms with Gasteiger partial charge in [0.1, 0.15) is 11.5 Å². The molecule has 0 radical (unpaired) electrons. The molecule has 162 valence electrons. The first-order valence-corrected chi connectivity index (χ1v) is 11.0. The fourth-order valence-electron chi connectivity index (χ4n) is 3.01. The zero-order chi connectivity index (χ0) is 23.0. The number of imide groups is 1. The van der Waals surface area contributed by atoms with E-state index in [1.165, 1.54) is 18.2 Å². The molecule has 2 aromatic carbocycles. The van der Waals surface area contributed by atoms with E-state index in [2.05, 4.69) is 0 Å². The summed E-state index contributed by atoms with van der Waals surface area (Å²) in [6.07, 6.45) is 1.46. The highest BCUT2D eigenvalue weighted by Crippen LogP contribution is 2.35. The van der Waals surface area contributed by atoms with Gasteiger partial charge in [0.2, 0.25) is 0 Å². The van der Waals surface area contributed by atoms with Gasteiger partial charge in [0.05, 0.1) is 22.0 Å². The molecule has 0 spiro atoms. The second-order valence-electron chi connectivity index (χ2n) is 6.71. The topological polar surface area (TPSA) is 87.8 Å². The summed E-state index contributed by atoms with van der Waals surface area (Å²) in [6, 6.07) is 12.6. The minimum atomic E-state index is -1.15. The average molecular weight is 509 g/mol. The highest BCUT2D eigenvalue weighted by Gasteiger charge is 2.35. The monoisotopic (exact) mass is 507 g/mol. The lowest BCUT2D eigenvalue weighted by atomic mass is 10.1. The Balaban J connectivity index is 1.56. The van der Waals surface area contributed by atoms with Gasteiger partial charge in [0.25, 0.3) is 11.1 Å². The van der Waals surface area contributed by atoms with Crippen LogP contribution >= 0.6 is 46.6 Å². The number of nitrogens with zero attached hydrogens (tertiary/aromatic N) is 1. The molecule has 1 fully saturated rings. The maximum absolute atomic E-state index is 12.8. The Morgan fingerprint density at radius 3 is 2.53 bits per heavy atom. The van der Waals surface area contributed by atoms with E-state index in [0.29, 0.717) is 32.7 Å².